The van der Waals surface area contributed by atoms with Crippen LogP contribution in [0.5, 0.6) is 0 Å². The highest BCUT2D eigenvalue weighted by Crippen LogP contribution is 2.16. The van der Waals surface area contributed by atoms with Crippen LogP contribution in [0.25, 0.3) is 0 Å². The number of nitrogens with zero attached hydrogens (tertiary/aromatic N) is 1. The molecule has 0 aromatic rings. The maximum absolute atomic E-state index is 12.5. The van der Waals surface area contributed by atoms with Gasteiger partial charge < -0.3 is 19.3 Å². The molecule has 0 saturated heterocycles. The van der Waals surface area contributed by atoms with Crippen molar-refractivity contribution >= 4 is 11.9 Å². The van der Waals surface area contributed by atoms with Crippen molar-refractivity contribution in [1.82, 2.24) is 5.32 Å². The van der Waals surface area contributed by atoms with E-state index in [1.54, 1.807) is 0 Å². The van der Waals surface area contributed by atoms with Crippen molar-refractivity contribution in [2.24, 2.45) is 0 Å². The molecule has 0 fully saturated rings. The lowest BCUT2D eigenvalue weighted by Gasteiger charge is -2.39. The second-order valence-corrected chi connectivity index (χ2v) is 16.4. The number of nitrogens with one attached hydrogen (secondary N) is 1. The molecular weight excluding hydrogens is 645 g/mol. The van der Waals surface area contributed by atoms with Gasteiger partial charge in [-0.2, -0.15) is 0 Å². The lowest BCUT2D eigenvalue weighted by molar-refractivity contribution is -0.930. The van der Waals surface area contributed by atoms with Gasteiger partial charge in [-0.3, -0.25) is 9.59 Å². The topological polar surface area (TPSA) is 64.6 Å². The number of esters is 1. The summed E-state index contributed by atoms with van der Waals surface area (Å²) in [4.78, 5) is 24.7. The van der Waals surface area contributed by atoms with Crippen LogP contribution in [-0.2, 0) is 19.1 Å². The summed E-state index contributed by atoms with van der Waals surface area (Å²) in [7, 11) is 2.22. The van der Waals surface area contributed by atoms with Crippen LogP contribution in [0.2, 0.25) is 0 Å². The summed E-state index contributed by atoms with van der Waals surface area (Å²) in [5.74, 6) is 0.107. The Morgan fingerprint density at radius 2 is 0.923 bits per heavy atom. The molecule has 0 aliphatic heterocycles. The van der Waals surface area contributed by atoms with Gasteiger partial charge in [0.2, 0.25) is 5.91 Å². The van der Waals surface area contributed by atoms with Gasteiger partial charge in [0.15, 0.2) is 0 Å². The van der Waals surface area contributed by atoms with Crippen LogP contribution in [-0.4, -0.2) is 68.9 Å². The molecule has 2 atom stereocenters. The van der Waals surface area contributed by atoms with Gasteiger partial charge in [-0.1, -0.05) is 187 Å². The molecule has 0 aliphatic rings. The van der Waals surface area contributed by atoms with Crippen LogP contribution in [0, 0.1) is 0 Å². The lowest BCUT2D eigenvalue weighted by atomic mass is 10.0. The third-order valence-electron chi connectivity index (χ3n) is 11.5. The van der Waals surface area contributed by atoms with Gasteiger partial charge in [-0.05, 0) is 33.1 Å². The first-order valence-electron chi connectivity index (χ1n) is 23.2. The molecule has 0 bridgehead atoms. The summed E-state index contributed by atoms with van der Waals surface area (Å²) >= 11 is 0. The molecule has 0 spiro atoms. The molecule has 6 heteroatoms. The minimum Gasteiger partial charge on any atom is -0.466 e. The minimum absolute atomic E-state index is 0.0688. The van der Waals surface area contributed by atoms with E-state index in [-0.39, 0.29) is 11.9 Å². The predicted molar refractivity (Wildman–Crippen MR) is 225 cm³/mol. The Hall–Kier alpha value is -1.14. The summed E-state index contributed by atoms with van der Waals surface area (Å²) in [5.41, 5.74) is 0. The third-order valence-corrected chi connectivity index (χ3v) is 11.5. The fourth-order valence-electron chi connectivity index (χ4n) is 7.17. The summed E-state index contributed by atoms with van der Waals surface area (Å²) in [6, 6.07) is 0.295. The monoisotopic (exact) mass is 738 g/mol. The average Bonchev–Trinajstić information content (AvgIpc) is 3.15. The molecule has 0 saturated carbocycles. The van der Waals surface area contributed by atoms with E-state index in [1.807, 2.05) is 0 Å². The van der Waals surface area contributed by atoms with Crippen molar-refractivity contribution < 1.29 is 23.5 Å². The molecule has 2 unspecified atom stereocenters. The first-order chi connectivity index (χ1) is 25.4. The predicted octanol–water partition coefficient (Wildman–Crippen LogP) is 13.0. The molecule has 0 radical (unpaired) electrons. The Balaban J connectivity index is 3.65. The molecule has 0 heterocycles. The Kier molecular flexibility index (Phi) is 38.7. The van der Waals surface area contributed by atoms with E-state index in [4.69, 9.17) is 9.47 Å². The zero-order chi connectivity index (χ0) is 38.2. The molecule has 6 nitrogen and oxygen atoms in total. The lowest BCUT2D eigenvalue weighted by Crippen LogP contribution is -2.53. The number of ether oxygens (including phenoxy) is 2. The zero-order valence-corrected chi connectivity index (χ0v) is 36.0. The van der Waals surface area contributed by atoms with Crippen molar-refractivity contribution in [3.8, 4) is 0 Å². The smallest absolute Gasteiger partial charge is 0.311 e. The molecule has 0 aromatic heterocycles. The standard InChI is InChI=1S/C46H92N2O4/c1-6-9-11-13-15-17-19-21-23-24-26-28-30-32-34-37-45(49)47-39-36-41-51-43-44(4)48(5,8-3)40-38-46(50)52-42-35-33-31-29-27-25-22-20-18-16-14-12-10-7-2/h44H,6-43H2,1-5H3/p+1. The van der Waals surface area contributed by atoms with E-state index in [1.165, 1.54) is 161 Å². The van der Waals surface area contributed by atoms with E-state index < -0.39 is 0 Å². The summed E-state index contributed by atoms with van der Waals surface area (Å²) in [6.07, 6.45) is 40.7. The number of carbonyl (C=O) groups excluding carboxylic acids is 2. The first kappa shape index (κ1) is 50.9. The van der Waals surface area contributed by atoms with E-state index in [0.29, 0.717) is 45.2 Å². The SMILES string of the molecule is CCCCCCCCCCCCCCCCCC(=O)NCCCOCC(C)[N+](C)(CC)CCC(=O)OCCCCCCCCCCCCCCCC. The van der Waals surface area contributed by atoms with Crippen LogP contribution in [0.3, 0.4) is 0 Å². The van der Waals surface area contributed by atoms with Crippen molar-refractivity contribution in [1.29, 1.82) is 0 Å². The Morgan fingerprint density at radius 1 is 0.519 bits per heavy atom. The molecular formula is C46H93N2O4+. The second kappa shape index (κ2) is 39.6. The number of unbranched alkanes of at least 4 members (excludes halogenated alkanes) is 27. The first-order valence-corrected chi connectivity index (χ1v) is 23.2. The highest BCUT2D eigenvalue weighted by atomic mass is 16.5. The second-order valence-electron chi connectivity index (χ2n) is 16.4. The average molecular weight is 738 g/mol. The number of hydrogen-bond donors (Lipinski definition) is 1. The molecule has 0 aliphatic carbocycles. The van der Waals surface area contributed by atoms with E-state index in [9.17, 15) is 9.59 Å². The van der Waals surface area contributed by atoms with Crippen LogP contribution in [0.1, 0.15) is 233 Å². The third kappa shape index (κ3) is 34.6. The maximum atomic E-state index is 12.5. The number of rotatable bonds is 42. The zero-order valence-electron chi connectivity index (χ0n) is 36.0. The largest absolute Gasteiger partial charge is 0.466 e. The van der Waals surface area contributed by atoms with E-state index >= 15 is 0 Å². The van der Waals surface area contributed by atoms with Gasteiger partial charge in [0, 0.05) is 19.6 Å². The molecule has 0 aromatic carbocycles. The van der Waals surface area contributed by atoms with Crippen molar-refractivity contribution in [3.05, 3.63) is 0 Å². The van der Waals surface area contributed by atoms with Gasteiger partial charge in [0.05, 0.1) is 39.8 Å². The normalized spacial score (nSPS) is 13.2. The fourth-order valence-corrected chi connectivity index (χ4v) is 7.17. The number of quaternary nitrogens is 1. The fraction of sp³-hybridized carbons (Fsp3) is 0.957. The molecule has 310 valence electrons. The summed E-state index contributed by atoms with van der Waals surface area (Å²) in [5, 5.41) is 3.07. The van der Waals surface area contributed by atoms with Crippen LogP contribution in [0.4, 0.5) is 0 Å². The van der Waals surface area contributed by atoms with Gasteiger partial charge in [-0.25, -0.2) is 0 Å². The quantitative estimate of drug-likeness (QED) is 0.0385. The van der Waals surface area contributed by atoms with Gasteiger partial charge in [-0.15, -0.1) is 0 Å². The van der Waals surface area contributed by atoms with Crippen molar-refractivity contribution in [2.45, 2.75) is 239 Å². The van der Waals surface area contributed by atoms with Crippen LogP contribution >= 0.6 is 0 Å². The van der Waals surface area contributed by atoms with E-state index in [0.717, 1.165) is 49.7 Å². The molecule has 1 N–H and O–H groups in total. The highest BCUT2D eigenvalue weighted by molar-refractivity contribution is 5.75. The number of likely N-dealkylation sites (N-methyl/N-ethyl adjacent to an activating group) is 1. The Morgan fingerprint density at radius 3 is 1.35 bits per heavy atom. The van der Waals surface area contributed by atoms with Crippen LogP contribution < -0.4 is 5.32 Å². The summed E-state index contributed by atoms with van der Waals surface area (Å²) in [6.45, 7) is 13.2. The van der Waals surface area contributed by atoms with E-state index in [2.05, 4.69) is 40.1 Å². The summed E-state index contributed by atoms with van der Waals surface area (Å²) < 4.78 is 12.4. The van der Waals surface area contributed by atoms with Crippen LogP contribution in [0.15, 0.2) is 0 Å². The number of carbonyl (C=O) groups is 2. The Bertz CT molecular complexity index is 763. The highest BCUT2D eigenvalue weighted by Gasteiger charge is 2.28. The molecule has 1 amide bonds. The molecule has 0 rings (SSSR count). The minimum atomic E-state index is -0.0688. The molecule has 52 heavy (non-hydrogen) atoms. The maximum Gasteiger partial charge on any atom is 0.311 e. The van der Waals surface area contributed by atoms with Gasteiger partial charge >= 0.3 is 5.97 Å². The number of hydrogen-bond acceptors (Lipinski definition) is 4. The van der Waals surface area contributed by atoms with Crippen molar-refractivity contribution in [3.63, 3.8) is 0 Å². The van der Waals surface area contributed by atoms with Crippen molar-refractivity contribution in [2.75, 3.05) is 46.5 Å². The van der Waals surface area contributed by atoms with Gasteiger partial charge in [0.1, 0.15) is 6.04 Å². The Labute approximate surface area is 325 Å². The number of amides is 1. The van der Waals surface area contributed by atoms with Gasteiger partial charge in [0.25, 0.3) is 0 Å².